The summed E-state index contributed by atoms with van der Waals surface area (Å²) in [6, 6.07) is 4.25. The Balaban J connectivity index is 2.16. The molecular formula is C14H23N5. The van der Waals surface area contributed by atoms with Crippen molar-refractivity contribution in [3.8, 4) is 0 Å². The Morgan fingerprint density at radius 2 is 2.00 bits per heavy atom. The summed E-state index contributed by atoms with van der Waals surface area (Å²) in [5.41, 5.74) is 3.58. The third kappa shape index (κ3) is 3.23. The number of hydrogen-bond donors (Lipinski definition) is 1. The number of nitrogens with zero attached hydrogens (tertiary/aromatic N) is 4. The second-order valence-electron chi connectivity index (χ2n) is 4.56. The van der Waals surface area contributed by atoms with Gasteiger partial charge in [-0.2, -0.15) is 10.2 Å². The molecule has 0 aliphatic carbocycles. The fourth-order valence-corrected chi connectivity index (χ4v) is 2.15. The summed E-state index contributed by atoms with van der Waals surface area (Å²) in [7, 11) is 0. The highest BCUT2D eigenvalue weighted by atomic mass is 15.3. The molecule has 0 fully saturated rings. The average Bonchev–Trinajstić information content (AvgIpc) is 3.03. The molecule has 2 aromatic heterocycles. The lowest BCUT2D eigenvalue weighted by atomic mass is 10.3. The van der Waals surface area contributed by atoms with Gasteiger partial charge in [0.25, 0.3) is 0 Å². The van der Waals surface area contributed by atoms with Crippen molar-refractivity contribution < 1.29 is 0 Å². The molecule has 19 heavy (non-hydrogen) atoms. The molecule has 1 N–H and O–H groups in total. The van der Waals surface area contributed by atoms with E-state index in [-0.39, 0.29) is 0 Å². The molecule has 0 atom stereocenters. The minimum absolute atomic E-state index is 0.786. The van der Waals surface area contributed by atoms with E-state index in [1.165, 1.54) is 11.4 Å². The van der Waals surface area contributed by atoms with Gasteiger partial charge in [-0.05, 0) is 32.0 Å². The van der Waals surface area contributed by atoms with Gasteiger partial charge in [-0.15, -0.1) is 0 Å². The molecular weight excluding hydrogens is 238 g/mol. The summed E-state index contributed by atoms with van der Waals surface area (Å²) >= 11 is 0. The molecule has 0 amide bonds. The largest absolute Gasteiger partial charge is 0.311 e. The molecule has 0 aromatic carbocycles. The molecule has 0 saturated carbocycles. The van der Waals surface area contributed by atoms with Crippen molar-refractivity contribution in [3.05, 3.63) is 35.4 Å². The molecule has 0 saturated heterocycles. The maximum absolute atomic E-state index is 4.58. The molecule has 0 radical (unpaired) electrons. The average molecular weight is 261 g/mol. The highest BCUT2D eigenvalue weighted by Crippen LogP contribution is 2.09. The van der Waals surface area contributed by atoms with Crippen LogP contribution in [0.25, 0.3) is 0 Å². The zero-order chi connectivity index (χ0) is 13.7. The molecule has 0 aliphatic heterocycles. The number of rotatable bonds is 7. The molecule has 2 heterocycles. The van der Waals surface area contributed by atoms with Crippen LogP contribution in [0.3, 0.4) is 0 Å². The monoisotopic (exact) mass is 261 g/mol. The van der Waals surface area contributed by atoms with E-state index in [9.17, 15) is 0 Å². The van der Waals surface area contributed by atoms with Crippen molar-refractivity contribution in [2.75, 3.05) is 6.54 Å². The molecule has 5 nitrogen and oxygen atoms in total. The van der Waals surface area contributed by atoms with Crippen molar-refractivity contribution >= 4 is 0 Å². The van der Waals surface area contributed by atoms with E-state index in [1.54, 1.807) is 0 Å². The number of nitrogens with one attached hydrogen (secondary N) is 1. The van der Waals surface area contributed by atoms with Crippen LogP contribution in [-0.2, 0) is 26.1 Å². The molecule has 0 aliphatic rings. The van der Waals surface area contributed by atoms with Crippen LogP contribution >= 0.6 is 0 Å². The Bertz CT molecular complexity index is 512. The lowest BCUT2D eigenvalue weighted by Gasteiger charge is -2.09. The second-order valence-corrected chi connectivity index (χ2v) is 4.56. The Hall–Kier alpha value is -1.62. The highest BCUT2D eigenvalue weighted by Gasteiger charge is 2.09. The minimum atomic E-state index is 0.786. The van der Waals surface area contributed by atoms with E-state index in [0.717, 1.165) is 38.3 Å². The fraction of sp³-hybridized carbons (Fsp3) is 0.571. The maximum atomic E-state index is 4.58. The Kier molecular flexibility index (Phi) is 4.74. The van der Waals surface area contributed by atoms with Crippen LogP contribution in [0.15, 0.2) is 18.3 Å². The van der Waals surface area contributed by atoms with Crippen molar-refractivity contribution in [2.45, 2.75) is 46.8 Å². The molecule has 104 valence electrons. The van der Waals surface area contributed by atoms with Gasteiger partial charge in [0.15, 0.2) is 0 Å². The standard InChI is InChI=1S/C14H23N5/c1-4-12-9-14(18(6-3)17-12)11-19-13(7-8-16-19)10-15-5-2/h7-9,15H,4-6,10-11H2,1-3H3. The summed E-state index contributed by atoms with van der Waals surface area (Å²) in [5, 5.41) is 12.3. The fourth-order valence-electron chi connectivity index (χ4n) is 2.15. The summed E-state index contributed by atoms with van der Waals surface area (Å²) in [4.78, 5) is 0. The van der Waals surface area contributed by atoms with Crippen LogP contribution in [0.1, 0.15) is 37.9 Å². The first-order chi connectivity index (χ1) is 9.28. The van der Waals surface area contributed by atoms with Gasteiger partial charge in [0.1, 0.15) is 0 Å². The van der Waals surface area contributed by atoms with Crippen LogP contribution in [-0.4, -0.2) is 26.1 Å². The predicted molar refractivity (Wildman–Crippen MR) is 76.0 cm³/mol. The van der Waals surface area contributed by atoms with Crippen LogP contribution in [0.4, 0.5) is 0 Å². The van der Waals surface area contributed by atoms with Gasteiger partial charge in [-0.1, -0.05) is 13.8 Å². The van der Waals surface area contributed by atoms with Crippen molar-refractivity contribution in [1.82, 2.24) is 24.9 Å². The normalized spacial score (nSPS) is 11.1. The van der Waals surface area contributed by atoms with E-state index >= 15 is 0 Å². The van der Waals surface area contributed by atoms with Crippen LogP contribution in [0.5, 0.6) is 0 Å². The van der Waals surface area contributed by atoms with Gasteiger partial charge in [0.05, 0.1) is 23.6 Å². The topological polar surface area (TPSA) is 47.7 Å². The maximum Gasteiger partial charge on any atom is 0.0832 e. The highest BCUT2D eigenvalue weighted by molar-refractivity contribution is 5.12. The van der Waals surface area contributed by atoms with E-state index in [2.05, 4.69) is 53.1 Å². The third-order valence-corrected chi connectivity index (χ3v) is 3.25. The smallest absolute Gasteiger partial charge is 0.0832 e. The predicted octanol–water partition coefficient (Wildman–Crippen LogP) is 1.82. The van der Waals surface area contributed by atoms with E-state index < -0.39 is 0 Å². The summed E-state index contributed by atoms with van der Waals surface area (Å²) in [6.45, 7) is 9.89. The molecule has 0 unspecified atom stereocenters. The quantitative estimate of drug-likeness (QED) is 0.827. The SMILES string of the molecule is CCNCc1ccnn1Cc1cc(CC)nn1CC. The number of aryl methyl sites for hydroxylation is 2. The Morgan fingerprint density at radius 3 is 2.68 bits per heavy atom. The van der Waals surface area contributed by atoms with E-state index in [4.69, 9.17) is 0 Å². The zero-order valence-electron chi connectivity index (χ0n) is 12.1. The van der Waals surface area contributed by atoms with Gasteiger partial charge in [0.2, 0.25) is 0 Å². The Morgan fingerprint density at radius 1 is 1.16 bits per heavy atom. The van der Waals surface area contributed by atoms with E-state index in [0.29, 0.717) is 0 Å². The molecule has 0 spiro atoms. The van der Waals surface area contributed by atoms with Crippen LogP contribution in [0, 0.1) is 0 Å². The molecule has 2 aromatic rings. The second kappa shape index (κ2) is 6.52. The van der Waals surface area contributed by atoms with Gasteiger partial charge in [-0.25, -0.2) is 0 Å². The lowest BCUT2D eigenvalue weighted by molar-refractivity contribution is 0.551. The Labute approximate surface area is 114 Å². The van der Waals surface area contributed by atoms with Crippen molar-refractivity contribution in [3.63, 3.8) is 0 Å². The summed E-state index contributed by atoms with van der Waals surface area (Å²) in [6.07, 6.45) is 2.84. The molecule has 0 bridgehead atoms. The number of hydrogen-bond acceptors (Lipinski definition) is 3. The molecule has 2 rings (SSSR count). The minimum Gasteiger partial charge on any atom is -0.311 e. The molecule has 5 heteroatoms. The number of aromatic nitrogens is 4. The first-order valence-corrected chi connectivity index (χ1v) is 7.05. The van der Waals surface area contributed by atoms with Gasteiger partial charge in [0, 0.05) is 19.3 Å². The first kappa shape index (κ1) is 13.8. The van der Waals surface area contributed by atoms with Crippen LogP contribution in [0.2, 0.25) is 0 Å². The first-order valence-electron chi connectivity index (χ1n) is 7.05. The summed E-state index contributed by atoms with van der Waals surface area (Å²) < 4.78 is 4.11. The van der Waals surface area contributed by atoms with Gasteiger partial charge in [-0.3, -0.25) is 9.36 Å². The van der Waals surface area contributed by atoms with E-state index in [1.807, 2.05) is 10.9 Å². The zero-order valence-corrected chi connectivity index (χ0v) is 12.1. The lowest BCUT2D eigenvalue weighted by Crippen LogP contribution is -2.17. The van der Waals surface area contributed by atoms with Crippen molar-refractivity contribution in [2.24, 2.45) is 0 Å². The summed E-state index contributed by atoms with van der Waals surface area (Å²) in [5.74, 6) is 0. The van der Waals surface area contributed by atoms with Crippen molar-refractivity contribution in [1.29, 1.82) is 0 Å². The van der Waals surface area contributed by atoms with Gasteiger partial charge >= 0.3 is 0 Å². The van der Waals surface area contributed by atoms with Crippen LogP contribution < -0.4 is 5.32 Å². The third-order valence-electron chi connectivity index (χ3n) is 3.25. The van der Waals surface area contributed by atoms with Gasteiger partial charge < -0.3 is 5.32 Å².